The Balaban J connectivity index is 5.20. The summed E-state index contributed by atoms with van der Waals surface area (Å²) in [6.45, 7) is 19.8. The van der Waals surface area contributed by atoms with Gasteiger partial charge >= 0.3 is 5.97 Å². The van der Waals surface area contributed by atoms with Crippen LogP contribution in [-0.4, -0.2) is 44.4 Å². The summed E-state index contributed by atoms with van der Waals surface area (Å²) in [5, 5.41) is 0. The molecule has 7 heteroatoms. The van der Waals surface area contributed by atoms with Crippen LogP contribution in [0.4, 0.5) is 0 Å². The van der Waals surface area contributed by atoms with Crippen molar-refractivity contribution in [2.45, 2.75) is 64.6 Å². The first-order chi connectivity index (χ1) is 8.66. The molecule has 118 valence electrons. The predicted octanol–water partition coefficient (Wildman–Crippen LogP) is 2.22. The van der Waals surface area contributed by atoms with Crippen LogP contribution in [0.15, 0.2) is 12.2 Å². The van der Waals surface area contributed by atoms with Crippen LogP contribution in [-0.2, 0) is 18.4 Å². The topological polar surface area (TPSA) is 44.8 Å². The van der Waals surface area contributed by atoms with Crippen molar-refractivity contribution < 1.29 is 18.4 Å². The third-order valence-corrected chi connectivity index (χ3v) is 6.46. The van der Waals surface area contributed by atoms with E-state index in [1.165, 1.54) is 0 Å². The fourth-order valence-corrected chi connectivity index (χ4v) is 8.49. The molecule has 0 fully saturated rings. The Morgan fingerprint density at radius 3 is 1.70 bits per heavy atom. The van der Waals surface area contributed by atoms with E-state index in [1.54, 1.807) is 6.92 Å². The molecule has 0 N–H and O–H groups in total. The van der Waals surface area contributed by atoms with Crippen LogP contribution in [0.25, 0.3) is 0 Å². The third-order valence-electron chi connectivity index (χ3n) is 2.39. The highest BCUT2D eigenvalue weighted by Gasteiger charge is 2.42. The van der Waals surface area contributed by atoms with Crippen LogP contribution >= 0.6 is 0 Å². The van der Waals surface area contributed by atoms with Gasteiger partial charge in [-0.3, -0.25) is 0 Å². The predicted molar refractivity (Wildman–Crippen MR) is 91.9 cm³/mol. The van der Waals surface area contributed by atoms with Gasteiger partial charge in [0.05, 0.1) is 10.2 Å². The molecular formula is C13H30O4Si3. The lowest BCUT2D eigenvalue weighted by Gasteiger charge is -2.43. The molecule has 0 bridgehead atoms. The highest BCUT2D eigenvalue weighted by molar-refractivity contribution is 6.71. The molecule has 4 nitrogen and oxygen atoms in total. The van der Waals surface area contributed by atoms with E-state index in [0.717, 1.165) is 0 Å². The summed E-state index contributed by atoms with van der Waals surface area (Å²) in [5.74, 6) is -0.393. The summed E-state index contributed by atoms with van der Waals surface area (Å²) >= 11 is 0. The van der Waals surface area contributed by atoms with Crippen LogP contribution in [0.1, 0.15) is 13.8 Å². The molecule has 0 aromatic rings. The lowest BCUT2D eigenvalue weighted by molar-refractivity contribution is -0.172. The summed E-state index contributed by atoms with van der Waals surface area (Å²) < 4.78 is 18.0. The Bertz CT molecular complexity index is 353. The second kappa shape index (κ2) is 6.69. The maximum Gasteiger partial charge on any atom is 0.333 e. The van der Waals surface area contributed by atoms with Crippen LogP contribution < -0.4 is 0 Å². The number of hydrogen-bond donors (Lipinski definition) is 0. The van der Waals surface area contributed by atoms with E-state index in [1.807, 2.05) is 6.92 Å². The molecule has 0 aliphatic heterocycles. The largest absolute Gasteiger partial charge is 0.454 e. The molecule has 20 heavy (non-hydrogen) atoms. The molecule has 1 unspecified atom stereocenters. The highest BCUT2D eigenvalue weighted by atomic mass is 28.4. The smallest absolute Gasteiger partial charge is 0.333 e. The van der Waals surface area contributed by atoms with E-state index >= 15 is 0 Å². The summed E-state index contributed by atoms with van der Waals surface area (Å²) in [6.07, 6.45) is -0.434. The lowest BCUT2D eigenvalue weighted by Crippen LogP contribution is -2.57. The number of rotatable bonds is 7. The highest BCUT2D eigenvalue weighted by Crippen LogP contribution is 2.27. The second-order valence-corrected chi connectivity index (χ2v) is 17.5. The van der Waals surface area contributed by atoms with Gasteiger partial charge in [-0.05, 0) is 53.1 Å². The maximum absolute atomic E-state index is 11.7. The maximum atomic E-state index is 11.7. The Hall–Kier alpha value is -0.219. The Kier molecular flexibility index (Phi) is 6.62. The van der Waals surface area contributed by atoms with Gasteiger partial charge in [0.25, 0.3) is 0 Å². The summed E-state index contributed by atoms with van der Waals surface area (Å²) in [7, 11) is -3.00. The first-order valence-electron chi connectivity index (χ1n) is 6.93. The fraction of sp³-hybridized carbons (Fsp3) is 0.769. The van der Waals surface area contributed by atoms with Gasteiger partial charge in [0.15, 0.2) is 22.0 Å². The quantitative estimate of drug-likeness (QED) is 0.310. The van der Waals surface area contributed by atoms with Gasteiger partial charge in [-0.25, -0.2) is 4.79 Å². The third kappa shape index (κ3) is 7.53. The van der Waals surface area contributed by atoms with Crippen molar-refractivity contribution in [2.24, 2.45) is 0 Å². The van der Waals surface area contributed by atoms with Crippen molar-refractivity contribution in [1.82, 2.24) is 0 Å². The van der Waals surface area contributed by atoms with E-state index in [0.29, 0.717) is 15.8 Å². The molecule has 0 amide bonds. The average Bonchev–Trinajstić information content (AvgIpc) is 2.10. The molecule has 1 atom stereocenters. The SMILES string of the molecule is C=C(C)C(=O)OC(C)C([SiH3])(O[Si](C)(C)C)O[Si](C)(C)C. The zero-order chi connectivity index (χ0) is 16.4. The van der Waals surface area contributed by atoms with Gasteiger partial charge in [-0.15, -0.1) is 0 Å². The van der Waals surface area contributed by atoms with Crippen molar-refractivity contribution in [1.29, 1.82) is 0 Å². The van der Waals surface area contributed by atoms with Crippen LogP contribution in [0, 0.1) is 0 Å². The number of ether oxygens (including phenoxy) is 1. The van der Waals surface area contributed by atoms with Gasteiger partial charge in [0, 0.05) is 5.57 Å². The standard InChI is InChI=1S/C13H30O4Si3/c1-10(2)12(14)15-11(3)13(18,16-19(4,5)6)17-20(7,8)9/h11H,1H2,2-9,18H3. The monoisotopic (exact) mass is 334 g/mol. The van der Waals surface area contributed by atoms with Crippen LogP contribution in [0.2, 0.25) is 39.3 Å². The Morgan fingerprint density at radius 1 is 1.10 bits per heavy atom. The van der Waals surface area contributed by atoms with Crippen molar-refractivity contribution in [3.8, 4) is 0 Å². The molecule has 0 aromatic carbocycles. The summed E-state index contributed by atoms with van der Waals surface area (Å²) in [6, 6.07) is 0. The number of esters is 1. The fourth-order valence-electron chi connectivity index (χ4n) is 1.77. The van der Waals surface area contributed by atoms with E-state index < -0.39 is 34.1 Å². The minimum absolute atomic E-state index is 0.391. The second-order valence-electron chi connectivity index (χ2n) is 7.27. The zero-order valence-electron chi connectivity index (χ0n) is 14.4. The van der Waals surface area contributed by atoms with E-state index in [9.17, 15) is 4.79 Å². The first-order valence-corrected chi connectivity index (χ1v) is 14.7. The van der Waals surface area contributed by atoms with Gasteiger partial charge in [0.1, 0.15) is 6.10 Å². The van der Waals surface area contributed by atoms with E-state index in [2.05, 4.69) is 45.9 Å². The Labute approximate surface area is 128 Å². The number of hydrogen-bond acceptors (Lipinski definition) is 4. The Morgan fingerprint density at radius 2 is 1.45 bits per heavy atom. The lowest BCUT2D eigenvalue weighted by atomic mass is 10.3. The van der Waals surface area contributed by atoms with Gasteiger partial charge in [0.2, 0.25) is 0 Å². The summed E-state index contributed by atoms with van der Waals surface area (Å²) in [5.41, 5.74) is -0.387. The molecule has 0 radical (unpaired) electrons. The minimum atomic E-state index is -1.82. The normalized spacial score (nSPS) is 15.0. The molecule has 0 saturated carbocycles. The van der Waals surface area contributed by atoms with Gasteiger partial charge in [-0.1, -0.05) is 6.58 Å². The molecule has 0 aliphatic carbocycles. The van der Waals surface area contributed by atoms with Crippen LogP contribution in [0.5, 0.6) is 0 Å². The molecule has 0 aromatic heterocycles. The van der Waals surface area contributed by atoms with Crippen molar-refractivity contribution in [3.05, 3.63) is 12.2 Å². The van der Waals surface area contributed by atoms with Crippen molar-refractivity contribution in [3.63, 3.8) is 0 Å². The number of carbonyl (C=O) groups excluding carboxylic acids is 1. The van der Waals surface area contributed by atoms with Crippen molar-refractivity contribution >= 4 is 32.8 Å². The minimum Gasteiger partial charge on any atom is -0.454 e. The first kappa shape index (κ1) is 19.8. The van der Waals surface area contributed by atoms with Gasteiger partial charge in [-0.2, -0.15) is 0 Å². The summed E-state index contributed by atoms with van der Waals surface area (Å²) in [4.78, 5) is 11.7. The van der Waals surface area contributed by atoms with Gasteiger partial charge < -0.3 is 13.6 Å². The zero-order valence-corrected chi connectivity index (χ0v) is 18.4. The molecule has 0 heterocycles. The molecule has 0 aliphatic rings. The van der Waals surface area contributed by atoms with Crippen molar-refractivity contribution in [2.75, 3.05) is 0 Å². The molecule has 0 rings (SSSR count). The van der Waals surface area contributed by atoms with E-state index in [-0.39, 0.29) is 0 Å². The molecule has 0 spiro atoms. The molecular weight excluding hydrogens is 304 g/mol. The molecule has 0 saturated heterocycles. The van der Waals surface area contributed by atoms with E-state index in [4.69, 9.17) is 13.6 Å². The average molecular weight is 335 g/mol. The number of carbonyl (C=O) groups is 1. The van der Waals surface area contributed by atoms with Crippen LogP contribution in [0.3, 0.4) is 0 Å².